The van der Waals surface area contributed by atoms with Crippen LogP contribution in [0.25, 0.3) is 11.3 Å². The summed E-state index contributed by atoms with van der Waals surface area (Å²) >= 11 is 0. The van der Waals surface area contributed by atoms with Crippen LogP contribution in [-0.4, -0.2) is 62.6 Å². The van der Waals surface area contributed by atoms with Gasteiger partial charge in [-0.15, -0.1) is 0 Å². The quantitative estimate of drug-likeness (QED) is 0.419. The second-order valence-electron chi connectivity index (χ2n) is 10.6. The molecule has 11 heteroatoms. The first-order valence-corrected chi connectivity index (χ1v) is 13.4. The monoisotopic (exact) mass is 535 g/mol. The lowest BCUT2D eigenvalue weighted by atomic mass is 9.93. The van der Waals surface area contributed by atoms with E-state index in [0.29, 0.717) is 48.1 Å². The van der Waals surface area contributed by atoms with Crippen molar-refractivity contribution in [2.45, 2.75) is 58.1 Å². The van der Waals surface area contributed by atoms with Gasteiger partial charge in [0.15, 0.2) is 5.65 Å². The Kier molecular flexibility index (Phi) is 7.62. The van der Waals surface area contributed by atoms with E-state index < -0.39 is 5.97 Å². The number of carboxylic acid groups (broad SMARTS) is 1. The molecule has 11 nitrogen and oxygen atoms in total. The topological polar surface area (TPSA) is 144 Å². The molecule has 1 saturated heterocycles. The van der Waals surface area contributed by atoms with Gasteiger partial charge in [0.2, 0.25) is 0 Å². The number of hydrazine groups is 1. The summed E-state index contributed by atoms with van der Waals surface area (Å²) in [4.78, 5) is 18.7. The Balaban J connectivity index is 1.53. The lowest BCUT2D eigenvalue weighted by Crippen LogP contribution is -2.45. The van der Waals surface area contributed by atoms with Crippen LogP contribution in [0.1, 0.15) is 55.1 Å². The van der Waals surface area contributed by atoms with Gasteiger partial charge in [0.05, 0.1) is 36.6 Å². The van der Waals surface area contributed by atoms with E-state index in [0.717, 1.165) is 55.9 Å². The zero-order valence-corrected chi connectivity index (χ0v) is 22.6. The van der Waals surface area contributed by atoms with Gasteiger partial charge in [0.25, 0.3) is 0 Å². The maximum absolute atomic E-state index is 11.8. The maximum Gasteiger partial charge on any atom is 0.308 e. The fraction of sp³-hybridized carbons (Fsp3) is 0.464. The van der Waals surface area contributed by atoms with Crippen molar-refractivity contribution in [3.05, 3.63) is 59.0 Å². The number of carboxylic acids is 1. The lowest BCUT2D eigenvalue weighted by molar-refractivity contribution is -0.136. The summed E-state index contributed by atoms with van der Waals surface area (Å²) in [6.07, 6.45) is 4.95. The van der Waals surface area contributed by atoms with Crippen molar-refractivity contribution in [1.82, 2.24) is 19.6 Å². The summed E-state index contributed by atoms with van der Waals surface area (Å²) in [5, 5.41) is 16.0. The number of nitrogens with zero attached hydrogens (tertiary/aromatic N) is 5. The van der Waals surface area contributed by atoms with Crippen LogP contribution in [0.2, 0.25) is 0 Å². The van der Waals surface area contributed by atoms with E-state index in [1.165, 1.54) is 5.01 Å². The van der Waals surface area contributed by atoms with E-state index in [1.54, 1.807) is 10.7 Å². The van der Waals surface area contributed by atoms with E-state index in [9.17, 15) is 9.90 Å². The second-order valence-corrected chi connectivity index (χ2v) is 10.6. The van der Waals surface area contributed by atoms with Crippen molar-refractivity contribution in [3.8, 4) is 5.75 Å². The molecule has 0 saturated carbocycles. The molecular weight excluding hydrogens is 498 g/mol. The molecule has 3 aliphatic heterocycles. The molecule has 6 bridgehead atoms. The molecule has 6 rings (SSSR count). The van der Waals surface area contributed by atoms with Crippen LogP contribution in [0.15, 0.2) is 36.5 Å². The van der Waals surface area contributed by atoms with E-state index in [4.69, 9.17) is 26.1 Å². The molecule has 3 aromatic rings. The van der Waals surface area contributed by atoms with Crippen LogP contribution in [0.4, 0.5) is 5.82 Å². The molecule has 2 aromatic heterocycles. The van der Waals surface area contributed by atoms with Crippen LogP contribution < -0.4 is 21.2 Å². The largest absolute Gasteiger partial charge is 0.494 e. The van der Waals surface area contributed by atoms with Crippen LogP contribution in [0.3, 0.4) is 0 Å². The molecule has 3 aliphatic rings. The van der Waals surface area contributed by atoms with Crippen molar-refractivity contribution in [2.24, 2.45) is 11.6 Å². The molecule has 1 aromatic carbocycles. The third-order valence-electron chi connectivity index (χ3n) is 7.45. The Morgan fingerprint density at radius 3 is 2.72 bits per heavy atom. The van der Waals surface area contributed by atoms with Gasteiger partial charge >= 0.3 is 5.97 Å². The number of aliphatic carboxylic acids is 1. The lowest BCUT2D eigenvalue weighted by Gasteiger charge is -2.41. The highest BCUT2D eigenvalue weighted by Gasteiger charge is 2.33. The molecule has 0 unspecified atom stereocenters. The van der Waals surface area contributed by atoms with E-state index in [-0.39, 0.29) is 12.0 Å². The summed E-state index contributed by atoms with van der Waals surface area (Å²) in [7, 11) is 0. The first-order chi connectivity index (χ1) is 18.7. The molecule has 0 aliphatic carbocycles. The summed E-state index contributed by atoms with van der Waals surface area (Å²) in [6, 6.07) is 9.52. The van der Waals surface area contributed by atoms with Gasteiger partial charge in [-0.2, -0.15) is 9.61 Å². The molecule has 1 fully saturated rings. The standard InChI is InChI=1S/C28H37N7O4/c1-19-23(16-26(36)37)27-33-10-8-28(2,9-11-33)39-13-4-3-12-38-22-7-5-6-20(14-22)24(29)18-34(30)17-21-15-25(31-19)35(27)32-21/h5-7,14-15,18H,3-4,8-13,16-17,29-30H2,1-2H3,(H,36,37)/b24-18-. The average molecular weight is 536 g/mol. The molecule has 0 atom stereocenters. The zero-order chi connectivity index (χ0) is 27.6. The number of rotatable bonds is 2. The number of piperidine rings is 1. The number of aryl methyl sites for hydroxylation is 1. The SMILES string of the molecule is Cc1nc2cc3nn2c(c1CC(=O)O)N1CCC(C)(CC1)OCCCCOc1cccc(c1)/C(N)=C/N(N)C3. The number of fused-ring (bicyclic) bond motifs is 9. The zero-order valence-electron chi connectivity index (χ0n) is 22.6. The third kappa shape index (κ3) is 6.10. The van der Waals surface area contributed by atoms with Gasteiger partial charge in [-0.1, -0.05) is 12.1 Å². The predicted molar refractivity (Wildman–Crippen MR) is 148 cm³/mol. The van der Waals surface area contributed by atoms with Crippen LogP contribution in [0.5, 0.6) is 5.75 Å². The molecule has 208 valence electrons. The van der Waals surface area contributed by atoms with Gasteiger partial charge in [0, 0.05) is 48.8 Å². The summed E-state index contributed by atoms with van der Waals surface area (Å²) < 4.78 is 14.1. The first kappa shape index (κ1) is 26.8. The fourth-order valence-electron chi connectivity index (χ4n) is 5.24. The number of aromatic nitrogens is 3. The Morgan fingerprint density at radius 2 is 1.95 bits per heavy atom. The highest BCUT2D eigenvalue weighted by molar-refractivity contribution is 5.74. The minimum Gasteiger partial charge on any atom is -0.494 e. The van der Waals surface area contributed by atoms with E-state index in [2.05, 4.69) is 16.8 Å². The van der Waals surface area contributed by atoms with Gasteiger partial charge in [-0.25, -0.2) is 10.8 Å². The van der Waals surface area contributed by atoms with Crippen molar-refractivity contribution in [3.63, 3.8) is 0 Å². The van der Waals surface area contributed by atoms with Crippen LogP contribution in [0, 0.1) is 6.92 Å². The Labute approximate surface area is 228 Å². The van der Waals surface area contributed by atoms with Gasteiger partial charge in [-0.3, -0.25) is 4.79 Å². The number of hydrogen-bond acceptors (Lipinski definition) is 9. The number of hydrogen-bond donors (Lipinski definition) is 3. The van der Waals surface area contributed by atoms with Crippen molar-refractivity contribution < 1.29 is 19.4 Å². The Hall–Kier alpha value is -3.83. The molecule has 5 N–H and O–H groups in total. The Bertz CT molecular complexity index is 1380. The smallest absolute Gasteiger partial charge is 0.308 e. The number of anilines is 1. The van der Waals surface area contributed by atoms with Crippen molar-refractivity contribution in [2.75, 3.05) is 31.2 Å². The molecular formula is C28H37N7O4. The number of benzene rings is 1. The molecule has 39 heavy (non-hydrogen) atoms. The number of carbonyl (C=O) groups is 1. The van der Waals surface area contributed by atoms with Gasteiger partial charge < -0.3 is 30.2 Å². The Morgan fingerprint density at radius 1 is 1.18 bits per heavy atom. The van der Waals surface area contributed by atoms with Crippen molar-refractivity contribution in [1.29, 1.82) is 0 Å². The maximum atomic E-state index is 11.8. The average Bonchev–Trinajstić information content (AvgIpc) is 3.28. The van der Waals surface area contributed by atoms with Crippen molar-refractivity contribution >= 4 is 23.1 Å². The summed E-state index contributed by atoms with van der Waals surface area (Å²) in [5.74, 6) is 6.94. The highest BCUT2D eigenvalue weighted by Crippen LogP contribution is 2.33. The first-order valence-electron chi connectivity index (χ1n) is 13.4. The fourth-order valence-corrected chi connectivity index (χ4v) is 5.24. The minimum atomic E-state index is -0.905. The second kappa shape index (κ2) is 11.1. The third-order valence-corrected chi connectivity index (χ3v) is 7.45. The molecule has 0 amide bonds. The minimum absolute atomic E-state index is 0.132. The highest BCUT2D eigenvalue weighted by atomic mass is 16.5. The molecule has 0 radical (unpaired) electrons. The van der Waals surface area contributed by atoms with E-state index in [1.807, 2.05) is 37.3 Å². The number of ether oxygens (including phenoxy) is 2. The molecule has 5 heterocycles. The van der Waals surface area contributed by atoms with Crippen LogP contribution >= 0.6 is 0 Å². The van der Waals surface area contributed by atoms with Gasteiger partial charge in [0.1, 0.15) is 11.6 Å². The van der Waals surface area contributed by atoms with E-state index >= 15 is 0 Å². The van der Waals surface area contributed by atoms with Gasteiger partial charge in [-0.05, 0) is 51.7 Å². The normalized spacial score (nSPS) is 19.8. The summed E-state index contributed by atoms with van der Waals surface area (Å²) in [6.45, 7) is 7.00. The summed E-state index contributed by atoms with van der Waals surface area (Å²) in [5.41, 5.74) is 10.1. The predicted octanol–water partition coefficient (Wildman–Crippen LogP) is 2.85. The van der Waals surface area contributed by atoms with Crippen LogP contribution in [-0.2, 0) is 22.5 Å². The number of nitrogens with two attached hydrogens (primary N) is 2. The molecule has 0 spiro atoms.